The van der Waals surface area contributed by atoms with E-state index in [0.717, 1.165) is 6.04 Å². The highest BCUT2D eigenvalue weighted by Gasteiger charge is 2.14. The molecule has 1 unspecified atom stereocenters. The maximum atomic E-state index is 3.68. The number of hydrogen-bond acceptors (Lipinski definition) is 2. The summed E-state index contributed by atoms with van der Waals surface area (Å²) in [5.41, 5.74) is 0. The van der Waals surface area contributed by atoms with Crippen molar-refractivity contribution in [3.05, 3.63) is 0 Å². The Morgan fingerprint density at radius 1 is 1.21 bits per heavy atom. The molecule has 0 aromatic heterocycles. The van der Waals surface area contributed by atoms with Crippen LogP contribution in [-0.4, -0.2) is 37.1 Å². The number of rotatable bonds is 5. The lowest BCUT2D eigenvalue weighted by molar-refractivity contribution is 0.297. The van der Waals surface area contributed by atoms with Crippen molar-refractivity contribution in [2.45, 2.75) is 52.0 Å². The molecule has 1 aliphatic rings. The molecule has 2 heteroatoms. The Morgan fingerprint density at radius 3 is 2.79 bits per heavy atom. The lowest BCUT2D eigenvalue weighted by atomic mass is 10.1. The van der Waals surface area contributed by atoms with Crippen LogP contribution in [0.1, 0.15) is 46.0 Å². The van der Waals surface area contributed by atoms with Crippen molar-refractivity contribution < 1.29 is 0 Å². The Bertz CT molecular complexity index is 136. The number of unbranched alkanes of at least 4 members (excludes halogenated alkanes) is 1. The second-order valence-electron chi connectivity index (χ2n) is 4.37. The minimum absolute atomic E-state index is 0.790. The summed E-state index contributed by atoms with van der Waals surface area (Å²) in [5.74, 6) is 0. The van der Waals surface area contributed by atoms with Crippen molar-refractivity contribution in [3.8, 4) is 0 Å². The van der Waals surface area contributed by atoms with Gasteiger partial charge in [0.25, 0.3) is 0 Å². The van der Waals surface area contributed by atoms with Gasteiger partial charge in [0.2, 0.25) is 0 Å². The predicted molar refractivity (Wildman–Crippen MR) is 62.7 cm³/mol. The maximum absolute atomic E-state index is 3.68. The molecule has 0 saturated carbocycles. The maximum Gasteiger partial charge on any atom is 0.00797 e. The van der Waals surface area contributed by atoms with Crippen molar-refractivity contribution in [3.63, 3.8) is 0 Å². The van der Waals surface area contributed by atoms with Crippen molar-refractivity contribution in [2.24, 2.45) is 0 Å². The average molecular weight is 198 g/mol. The van der Waals surface area contributed by atoms with Gasteiger partial charge in [0.1, 0.15) is 0 Å². The zero-order chi connectivity index (χ0) is 10.2. The molecule has 0 radical (unpaired) electrons. The third-order valence-corrected chi connectivity index (χ3v) is 3.23. The fourth-order valence-electron chi connectivity index (χ4n) is 2.16. The molecule has 84 valence electrons. The zero-order valence-electron chi connectivity index (χ0n) is 9.89. The van der Waals surface area contributed by atoms with Crippen molar-refractivity contribution in [1.82, 2.24) is 10.2 Å². The monoisotopic (exact) mass is 198 g/mol. The third kappa shape index (κ3) is 4.43. The number of likely N-dealkylation sites (tertiary alicyclic amines) is 1. The van der Waals surface area contributed by atoms with E-state index in [1.807, 2.05) is 0 Å². The van der Waals surface area contributed by atoms with Crippen LogP contribution in [0.4, 0.5) is 0 Å². The molecule has 1 aliphatic heterocycles. The third-order valence-electron chi connectivity index (χ3n) is 3.23. The Balaban J connectivity index is 2.14. The molecule has 1 atom stereocenters. The van der Waals surface area contributed by atoms with Crippen LogP contribution in [-0.2, 0) is 0 Å². The fourth-order valence-corrected chi connectivity index (χ4v) is 2.16. The van der Waals surface area contributed by atoms with Crippen molar-refractivity contribution in [2.75, 3.05) is 26.2 Å². The van der Waals surface area contributed by atoms with Gasteiger partial charge in [-0.3, -0.25) is 0 Å². The van der Waals surface area contributed by atoms with E-state index in [4.69, 9.17) is 0 Å². The first-order valence-electron chi connectivity index (χ1n) is 6.32. The smallest absolute Gasteiger partial charge is 0.00797 e. The fraction of sp³-hybridized carbons (Fsp3) is 1.00. The van der Waals surface area contributed by atoms with Crippen LogP contribution in [0.5, 0.6) is 0 Å². The van der Waals surface area contributed by atoms with Gasteiger partial charge in [0, 0.05) is 6.04 Å². The van der Waals surface area contributed by atoms with E-state index in [1.165, 1.54) is 58.3 Å². The predicted octanol–water partition coefficient (Wildman–Crippen LogP) is 2.25. The van der Waals surface area contributed by atoms with E-state index < -0.39 is 0 Å². The van der Waals surface area contributed by atoms with Crippen LogP contribution < -0.4 is 5.32 Å². The Kier molecular flexibility index (Phi) is 6.20. The van der Waals surface area contributed by atoms with E-state index in [-0.39, 0.29) is 0 Å². The van der Waals surface area contributed by atoms with Crippen molar-refractivity contribution >= 4 is 0 Å². The van der Waals surface area contributed by atoms with Crippen LogP contribution in [0.2, 0.25) is 0 Å². The van der Waals surface area contributed by atoms with Crippen LogP contribution in [0, 0.1) is 0 Å². The molecule has 1 rings (SSSR count). The molecule has 0 aromatic rings. The zero-order valence-corrected chi connectivity index (χ0v) is 9.89. The molecule has 0 aliphatic carbocycles. The lowest BCUT2D eigenvalue weighted by Crippen LogP contribution is -2.31. The van der Waals surface area contributed by atoms with Crippen LogP contribution in [0.3, 0.4) is 0 Å². The standard InChI is InChI=1S/C12H26N2/c1-3-5-9-13-12-7-6-10-14(4-2)11-8-12/h12-13H,3-11H2,1-2H3. The Hall–Kier alpha value is -0.0800. The highest BCUT2D eigenvalue weighted by molar-refractivity contribution is 4.74. The van der Waals surface area contributed by atoms with E-state index in [1.54, 1.807) is 0 Å². The highest BCUT2D eigenvalue weighted by Crippen LogP contribution is 2.10. The minimum Gasteiger partial charge on any atom is -0.314 e. The first-order valence-corrected chi connectivity index (χ1v) is 6.32. The number of hydrogen-bond donors (Lipinski definition) is 1. The number of nitrogens with zero attached hydrogens (tertiary/aromatic N) is 1. The molecular formula is C12H26N2. The largest absolute Gasteiger partial charge is 0.314 e. The van der Waals surface area contributed by atoms with Crippen LogP contribution in [0.15, 0.2) is 0 Å². The van der Waals surface area contributed by atoms with Gasteiger partial charge in [-0.05, 0) is 51.9 Å². The second-order valence-corrected chi connectivity index (χ2v) is 4.37. The highest BCUT2D eigenvalue weighted by atomic mass is 15.1. The van der Waals surface area contributed by atoms with Gasteiger partial charge in [-0.15, -0.1) is 0 Å². The van der Waals surface area contributed by atoms with Gasteiger partial charge in [0.05, 0.1) is 0 Å². The van der Waals surface area contributed by atoms with Gasteiger partial charge in [-0.2, -0.15) is 0 Å². The second kappa shape index (κ2) is 7.24. The van der Waals surface area contributed by atoms with Crippen LogP contribution >= 0.6 is 0 Å². The summed E-state index contributed by atoms with van der Waals surface area (Å²) in [6.07, 6.45) is 6.73. The molecule has 1 N–H and O–H groups in total. The Labute approximate surface area is 89.1 Å². The quantitative estimate of drug-likeness (QED) is 0.682. The number of nitrogens with one attached hydrogen (secondary N) is 1. The molecule has 0 bridgehead atoms. The summed E-state index contributed by atoms with van der Waals surface area (Å²) in [4.78, 5) is 2.57. The van der Waals surface area contributed by atoms with Gasteiger partial charge in [-0.25, -0.2) is 0 Å². The molecule has 0 spiro atoms. The molecule has 1 heterocycles. The summed E-state index contributed by atoms with van der Waals surface area (Å²) in [6, 6.07) is 0.790. The minimum atomic E-state index is 0.790. The molecule has 0 aromatic carbocycles. The molecule has 1 fully saturated rings. The van der Waals surface area contributed by atoms with E-state index in [0.29, 0.717) is 0 Å². The summed E-state index contributed by atoms with van der Waals surface area (Å²) < 4.78 is 0. The first kappa shape index (κ1) is 12.0. The SMILES string of the molecule is CCCCNC1CCCN(CC)CC1. The summed E-state index contributed by atoms with van der Waals surface area (Å²) >= 11 is 0. The summed E-state index contributed by atoms with van der Waals surface area (Å²) in [5, 5.41) is 3.68. The topological polar surface area (TPSA) is 15.3 Å². The van der Waals surface area contributed by atoms with Gasteiger partial charge < -0.3 is 10.2 Å². The first-order chi connectivity index (χ1) is 6.86. The van der Waals surface area contributed by atoms with E-state index >= 15 is 0 Å². The van der Waals surface area contributed by atoms with E-state index in [9.17, 15) is 0 Å². The molecule has 1 saturated heterocycles. The Morgan fingerprint density at radius 2 is 2.07 bits per heavy atom. The van der Waals surface area contributed by atoms with Gasteiger partial charge >= 0.3 is 0 Å². The molecule has 2 nitrogen and oxygen atoms in total. The molecular weight excluding hydrogens is 172 g/mol. The van der Waals surface area contributed by atoms with Crippen LogP contribution in [0.25, 0.3) is 0 Å². The van der Waals surface area contributed by atoms with Crippen molar-refractivity contribution in [1.29, 1.82) is 0 Å². The average Bonchev–Trinajstić information content (AvgIpc) is 2.43. The summed E-state index contributed by atoms with van der Waals surface area (Å²) in [6.45, 7) is 9.57. The molecule has 0 amide bonds. The summed E-state index contributed by atoms with van der Waals surface area (Å²) in [7, 11) is 0. The normalized spacial score (nSPS) is 24.9. The van der Waals surface area contributed by atoms with Gasteiger partial charge in [-0.1, -0.05) is 20.3 Å². The lowest BCUT2D eigenvalue weighted by Gasteiger charge is -2.18. The molecule has 14 heavy (non-hydrogen) atoms. The van der Waals surface area contributed by atoms with Gasteiger partial charge in [0.15, 0.2) is 0 Å². The van der Waals surface area contributed by atoms with E-state index in [2.05, 4.69) is 24.1 Å².